The molecule has 1 heterocycles. The molecule has 0 saturated heterocycles. The van der Waals surface area contributed by atoms with Gasteiger partial charge in [-0.15, -0.1) is 6.58 Å². The fourth-order valence-corrected chi connectivity index (χ4v) is 1.96. The highest BCUT2D eigenvalue weighted by Crippen LogP contribution is 2.21. The predicted octanol–water partition coefficient (Wildman–Crippen LogP) is 2.82. The number of hydrogen-bond donors (Lipinski definition) is 1. The third-order valence-electron chi connectivity index (χ3n) is 2.91. The summed E-state index contributed by atoms with van der Waals surface area (Å²) in [4.78, 5) is 6.81. The van der Waals surface area contributed by atoms with Gasteiger partial charge in [0.15, 0.2) is 0 Å². The Morgan fingerprint density at radius 2 is 2.11 bits per heavy atom. The molecule has 0 aliphatic rings. The lowest BCUT2D eigenvalue weighted by molar-refractivity contribution is 0.586. The number of nitrogens with zero attached hydrogens (tertiary/aromatic N) is 2. The molecule has 0 aliphatic carbocycles. The molecular weight excluding hydrogens is 222 g/mol. The molecule has 1 rings (SSSR count). The van der Waals surface area contributed by atoms with E-state index in [1.807, 2.05) is 13.0 Å². The number of aryl methyl sites for hydroxylation is 2. The summed E-state index contributed by atoms with van der Waals surface area (Å²) in [6, 6.07) is 2.62. The summed E-state index contributed by atoms with van der Waals surface area (Å²) < 4.78 is 0. The molecule has 0 atom stereocenters. The number of pyridine rings is 1. The molecule has 18 heavy (non-hydrogen) atoms. The van der Waals surface area contributed by atoms with Crippen LogP contribution in [0.15, 0.2) is 18.7 Å². The lowest BCUT2D eigenvalue weighted by Crippen LogP contribution is -2.26. The van der Waals surface area contributed by atoms with Gasteiger partial charge in [-0.1, -0.05) is 19.9 Å². The first-order valence-corrected chi connectivity index (χ1v) is 6.48. The van der Waals surface area contributed by atoms with Crippen LogP contribution in [-0.2, 0) is 6.54 Å². The van der Waals surface area contributed by atoms with Crippen molar-refractivity contribution < 1.29 is 0 Å². The Hall–Kier alpha value is -1.35. The van der Waals surface area contributed by atoms with E-state index in [1.165, 1.54) is 11.1 Å². The number of anilines is 1. The van der Waals surface area contributed by atoms with Crippen LogP contribution >= 0.6 is 0 Å². The first-order valence-electron chi connectivity index (χ1n) is 6.48. The zero-order valence-electron chi connectivity index (χ0n) is 12.2. The van der Waals surface area contributed by atoms with Gasteiger partial charge in [0.05, 0.1) is 0 Å². The van der Waals surface area contributed by atoms with Crippen LogP contribution in [0.1, 0.15) is 30.7 Å². The summed E-state index contributed by atoms with van der Waals surface area (Å²) in [5.74, 6) is 1.06. The molecule has 1 aromatic rings. The molecule has 0 amide bonds. The summed E-state index contributed by atoms with van der Waals surface area (Å²) in [7, 11) is 2.06. The van der Waals surface area contributed by atoms with Crippen molar-refractivity contribution in [1.82, 2.24) is 10.3 Å². The fourth-order valence-electron chi connectivity index (χ4n) is 1.96. The van der Waals surface area contributed by atoms with E-state index in [2.05, 4.69) is 55.7 Å². The monoisotopic (exact) mass is 247 g/mol. The topological polar surface area (TPSA) is 28.2 Å². The maximum absolute atomic E-state index is 4.67. The second-order valence-electron chi connectivity index (χ2n) is 5.09. The van der Waals surface area contributed by atoms with Crippen LogP contribution in [0.2, 0.25) is 0 Å². The molecule has 100 valence electrons. The van der Waals surface area contributed by atoms with Crippen LogP contribution in [0, 0.1) is 13.8 Å². The number of likely N-dealkylation sites (N-methyl/N-ethyl adjacent to an activating group) is 1. The fraction of sp³-hybridized carbons (Fsp3) is 0.533. The van der Waals surface area contributed by atoms with E-state index in [-0.39, 0.29) is 0 Å². The summed E-state index contributed by atoms with van der Waals surface area (Å²) in [6.07, 6.45) is 1.90. The first kappa shape index (κ1) is 14.7. The summed E-state index contributed by atoms with van der Waals surface area (Å²) >= 11 is 0. The van der Waals surface area contributed by atoms with Gasteiger partial charge in [0.1, 0.15) is 5.82 Å². The highest BCUT2D eigenvalue weighted by Gasteiger charge is 2.12. The average Bonchev–Trinajstić information content (AvgIpc) is 2.26. The van der Waals surface area contributed by atoms with Gasteiger partial charge in [-0.2, -0.15) is 0 Å². The van der Waals surface area contributed by atoms with Crippen LogP contribution in [0.4, 0.5) is 5.82 Å². The van der Waals surface area contributed by atoms with Crippen molar-refractivity contribution in [2.24, 2.45) is 0 Å². The van der Waals surface area contributed by atoms with Gasteiger partial charge in [-0.05, 0) is 25.5 Å². The molecule has 0 spiro atoms. The third kappa shape index (κ3) is 3.84. The molecule has 3 heteroatoms. The van der Waals surface area contributed by atoms with E-state index in [0.717, 1.165) is 24.6 Å². The van der Waals surface area contributed by atoms with Crippen molar-refractivity contribution in [2.75, 3.05) is 18.5 Å². The van der Waals surface area contributed by atoms with Crippen molar-refractivity contribution in [2.45, 2.75) is 40.3 Å². The second-order valence-corrected chi connectivity index (χ2v) is 5.09. The second kappa shape index (κ2) is 6.55. The molecule has 1 aromatic heterocycles. The van der Waals surface area contributed by atoms with Crippen LogP contribution in [0.25, 0.3) is 0 Å². The Morgan fingerprint density at radius 1 is 1.44 bits per heavy atom. The molecule has 0 fully saturated rings. The van der Waals surface area contributed by atoms with Gasteiger partial charge in [-0.3, -0.25) is 0 Å². The molecule has 0 bridgehead atoms. The zero-order chi connectivity index (χ0) is 13.7. The van der Waals surface area contributed by atoms with E-state index in [4.69, 9.17) is 0 Å². The van der Waals surface area contributed by atoms with E-state index < -0.39 is 0 Å². The SMILES string of the molecule is C=CCN(C)c1nc(C)cc(C)c1CNC(C)C. The van der Waals surface area contributed by atoms with Crippen molar-refractivity contribution >= 4 is 5.82 Å². The molecule has 0 radical (unpaired) electrons. The normalized spacial score (nSPS) is 10.8. The van der Waals surface area contributed by atoms with Crippen molar-refractivity contribution in [3.63, 3.8) is 0 Å². The summed E-state index contributed by atoms with van der Waals surface area (Å²) in [5, 5.41) is 3.47. The van der Waals surface area contributed by atoms with E-state index >= 15 is 0 Å². The molecule has 3 nitrogen and oxygen atoms in total. The molecule has 0 aromatic carbocycles. The minimum atomic E-state index is 0.475. The zero-order valence-corrected chi connectivity index (χ0v) is 12.2. The molecule has 1 N–H and O–H groups in total. The Kier molecular flexibility index (Phi) is 5.35. The number of aromatic nitrogens is 1. The van der Waals surface area contributed by atoms with Gasteiger partial charge in [0, 0.05) is 37.4 Å². The van der Waals surface area contributed by atoms with E-state index in [1.54, 1.807) is 0 Å². The minimum Gasteiger partial charge on any atom is -0.356 e. The molecule has 0 unspecified atom stereocenters. The predicted molar refractivity (Wildman–Crippen MR) is 79.2 cm³/mol. The van der Waals surface area contributed by atoms with Gasteiger partial charge < -0.3 is 10.2 Å². The molecule has 0 saturated carbocycles. The maximum atomic E-state index is 4.67. The van der Waals surface area contributed by atoms with Gasteiger partial charge in [-0.25, -0.2) is 4.98 Å². The lowest BCUT2D eigenvalue weighted by Gasteiger charge is -2.22. The van der Waals surface area contributed by atoms with Crippen molar-refractivity contribution in [3.05, 3.63) is 35.5 Å². The van der Waals surface area contributed by atoms with Crippen LogP contribution in [0.3, 0.4) is 0 Å². The number of hydrogen-bond acceptors (Lipinski definition) is 3. The van der Waals surface area contributed by atoms with Gasteiger partial charge in [0.25, 0.3) is 0 Å². The van der Waals surface area contributed by atoms with Crippen LogP contribution in [-0.4, -0.2) is 24.6 Å². The Labute approximate surface area is 111 Å². The van der Waals surface area contributed by atoms with E-state index in [0.29, 0.717) is 6.04 Å². The number of rotatable bonds is 6. The Balaban J connectivity index is 3.07. The maximum Gasteiger partial charge on any atom is 0.133 e. The van der Waals surface area contributed by atoms with Crippen molar-refractivity contribution in [3.8, 4) is 0 Å². The third-order valence-corrected chi connectivity index (χ3v) is 2.91. The first-order chi connectivity index (χ1) is 8.45. The number of nitrogens with one attached hydrogen (secondary N) is 1. The lowest BCUT2D eigenvalue weighted by atomic mass is 10.1. The molecular formula is C15H25N3. The van der Waals surface area contributed by atoms with E-state index in [9.17, 15) is 0 Å². The highest BCUT2D eigenvalue weighted by atomic mass is 15.2. The minimum absolute atomic E-state index is 0.475. The highest BCUT2D eigenvalue weighted by molar-refractivity contribution is 5.51. The van der Waals surface area contributed by atoms with Crippen LogP contribution < -0.4 is 10.2 Å². The molecule has 0 aliphatic heterocycles. The van der Waals surface area contributed by atoms with Gasteiger partial charge >= 0.3 is 0 Å². The van der Waals surface area contributed by atoms with Crippen molar-refractivity contribution in [1.29, 1.82) is 0 Å². The average molecular weight is 247 g/mol. The smallest absolute Gasteiger partial charge is 0.133 e. The summed E-state index contributed by atoms with van der Waals surface area (Å²) in [6.45, 7) is 14.0. The summed E-state index contributed by atoms with van der Waals surface area (Å²) in [5.41, 5.74) is 3.63. The standard InChI is InChI=1S/C15H25N3/c1-7-8-18(6)15-14(10-16-11(2)3)12(4)9-13(5)17-15/h7,9,11,16H,1,8,10H2,2-6H3. The largest absolute Gasteiger partial charge is 0.356 e. The Bertz CT molecular complexity index is 410. The quantitative estimate of drug-likeness (QED) is 0.784. The van der Waals surface area contributed by atoms with Gasteiger partial charge in [0.2, 0.25) is 0 Å². The Morgan fingerprint density at radius 3 is 2.67 bits per heavy atom. The van der Waals surface area contributed by atoms with Crippen LogP contribution in [0.5, 0.6) is 0 Å².